The zero-order chi connectivity index (χ0) is 25.6. The van der Waals surface area contributed by atoms with Crippen molar-refractivity contribution in [2.45, 2.75) is 31.2 Å². The molecule has 2 fully saturated rings. The number of halogens is 2. The maximum atomic E-state index is 12.8. The van der Waals surface area contributed by atoms with Crippen LogP contribution in [0.1, 0.15) is 18.1 Å². The number of carbonyl (C=O) groups excluding carboxylic acids is 1. The van der Waals surface area contributed by atoms with Gasteiger partial charge < -0.3 is 15.1 Å². The largest absolute Gasteiger partial charge is 0.340 e. The predicted molar refractivity (Wildman–Crippen MR) is 142 cm³/mol. The number of amides is 1. The van der Waals surface area contributed by atoms with Crippen LogP contribution >= 0.6 is 23.2 Å². The minimum Gasteiger partial charge on any atom is -0.340 e. The minimum absolute atomic E-state index is 0.00158. The van der Waals surface area contributed by atoms with Gasteiger partial charge in [-0.1, -0.05) is 53.0 Å². The van der Waals surface area contributed by atoms with Crippen molar-refractivity contribution in [1.29, 1.82) is 0 Å². The fourth-order valence-electron chi connectivity index (χ4n) is 3.94. The van der Waals surface area contributed by atoms with E-state index in [0.717, 1.165) is 30.3 Å². The molecule has 0 saturated carbocycles. The summed E-state index contributed by atoms with van der Waals surface area (Å²) >= 11 is 11.9. The molecule has 10 heteroatoms. The molecule has 4 rings (SSSR count). The van der Waals surface area contributed by atoms with Crippen LogP contribution < -0.4 is 5.32 Å². The van der Waals surface area contributed by atoms with Gasteiger partial charge in [0.05, 0.1) is 11.3 Å². The van der Waals surface area contributed by atoms with Crippen LogP contribution in [0.25, 0.3) is 0 Å². The highest BCUT2D eigenvalue weighted by Crippen LogP contribution is 2.25. The highest BCUT2D eigenvalue weighted by molar-refractivity contribution is 7.89. The normalized spacial score (nSPS) is 19.7. The number of nitrogens with one attached hydrogen (secondary N) is 1. The fourth-order valence-corrected chi connectivity index (χ4v) is 6.09. The zero-order valence-electron chi connectivity index (χ0n) is 20.5. The van der Waals surface area contributed by atoms with Gasteiger partial charge in [-0.2, -0.15) is 4.31 Å². The standard InChI is InChI=1S/C19H20Cl2N2O3S.C6H14N2/c1-14-2-4-15(5-3-14)10-19(24)22-6-8-23(9-7-22)27(25,26)18-12-16(20)11-17(21)13-18;1-6-5-7-3-4-8(6)2/h2-5,11-13H,6-10H2,1H3;6-7H,3-5H2,1-2H3. The Bertz CT molecular complexity index is 1070. The fraction of sp³-hybridized carbons (Fsp3) is 0.480. The van der Waals surface area contributed by atoms with Gasteiger partial charge in [0.15, 0.2) is 0 Å². The summed E-state index contributed by atoms with van der Waals surface area (Å²) in [7, 11) is -1.52. The number of hydrogen-bond donors (Lipinski definition) is 1. The molecule has 0 aliphatic carbocycles. The second-order valence-electron chi connectivity index (χ2n) is 9.09. The Labute approximate surface area is 219 Å². The highest BCUT2D eigenvalue weighted by atomic mass is 35.5. The Hall–Kier alpha value is -1.68. The van der Waals surface area contributed by atoms with E-state index in [1.54, 1.807) is 4.90 Å². The Morgan fingerprint density at radius 3 is 2.11 bits per heavy atom. The molecule has 2 aliphatic rings. The third-order valence-electron chi connectivity index (χ3n) is 6.37. The van der Waals surface area contributed by atoms with Gasteiger partial charge in [0, 0.05) is 61.9 Å². The molecule has 192 valence electrons. The van der Waals surface area contributed by atoms with Gasteiger partial charge in [-0.25, -0.2) is 8.42 Å². The van der Waals surface area contributed by atoms with Crippen LogP contribution in [-0.4, -0.2) is 87.3 Å². The summed E-state index contributed by atoms with van der Waals surface area (Å²) in [6.45, 7) is 8.94. The molecule has 2 aromatic rings. The number of nitrogens with zero attached hydrogens (tertiary/aromatic N) is 3. The van der Waals surface area contributed by atoms with Gasteiger partial charge in [-0.15, -0.1) is 0 Å². The summed E-state index contributed by atoms with van der Waals surface area (Å²) in [5.74, 6) is 0.00158. The maximum absolute atomic E-state index is 12.8. The van der Waals surface area contributed by atoms with Gasteiger partial charge in [0.2, 0.25) is 15.9 Å². The average Bonchev–Trinajstić information content (AvgIpc) is 2.82. The van der Waals surface area contributed by atoms with Crippen molar-refractivity contribution in [1.82, 2.24) is 19.4 Å². The van der Waals surface area contributed by atoms with Gasteiger partial charge in [0.1, 0.15) is 0 Å². The average molecular weight is 542 g/mol. The molecule has 0 spiro atoms. The summed E-state index contributed by atoms with van der Waals surface area (Å²) in [5.41, 5.74) is 2.10. The highest BCUT2D eigenvalue weighted by Gasteiger charge is 2.30. The van der Waals surface area contributed by atoms with Crippen LogP contribution in [0.15, 0.2) is 47.4 Å². The van der Waals surface area contributed by atoms with Crippen LogP contribution in [0.4, 0.5) is 0 Å². The first kappa shape index (κ1) is 27.9. The number of carbonyl (C=O) groups is 1. The molecule has 0 radical (unpaired) electrons. The van der Waals surface area contributed by atoms with E-state index in [9.17, 15) is 13.2 Å². The molecule has 1 N–H and O–H groups in total. The number of piperazine rings is 2. The third kappa shape index (κ3) is 7.90. The molecular weight excluding hydrogens is 507 g/mol. The Morgan fingerprint density at radius 2 is 1.60 bits per heavy atom. The Kier molecular flexibility index (Phi) is 9.98. The van der Waals surface area contributed by atoms with Crippen molar-refractivity contribution in [2.75, 3.05) is 52.9 Å². The van der Waals surface area contributed by atoms with E-state index in [2.05, 4.69) is 24.2 Å². The molecule has 0 bridgehead atoms. The molecule has 7 nitrogen and oxygen atoms in total. The molecule has 2 aliphatic heterocycles. The van der Waals surface area contributed by atoms with Gasteiger partial charge in [-0.05, 0) is 44.7 Å². The molecule has 35 heavy (non-hydrogen) atoms. The molecule has 1 atom stereocenters. The van der Waals surface area contributed by atoms with E-state index in [4.69, 9.17) is 23.2 Å². The second-order valence-corrected chi connectivity index (χ2v) is 11.9. The van der Waals surface area contributed by atoms with Crippen molar-refractivity contribution in [2.24, 2.45) is 0 Å². The molecule has 2 aromatic carbocycles. The van der Waals surface area contributed by atoms with Crippen LogP contribution in [0.3, 0.4) is 0 Å². The number of benzene rings is 2. The van der Waals surface area contributed by atoms with E-state index >= 15 is 0 Å². The lowest BCUT2D eigenvalue weighted by Gasteiger charge is -2.34. The lowest BCUT2D eigenvalue weighted by molar-refractivity contribution is -0.131. The lowest BCUT2D eigenvalue weighted by atomic mass is 10.1. The summed E-state index contributed by atoms with van der Waals surface area (Å²) in [6, 6.07) is 12.8. The van der Waals surface area contributed by atoms with Crippen molar-refractivity contribution < 1.29 is 13.2 Å². The monoisotopic (exact) mass is 540 g/mol. The zero-order valence-corrected chi connectivity index (χ0v) is 22.8. The van der Waals surface area contributed by atoms with Crippen LogP contribution in [0.2, 0.25) is 10.0 Å². The number of aryl methyl sites for hydroxylation is 1. The summed E-state index contributed by atoms with van der Waals surface area (Å²) in [6.07, 6.45) is 0.316. The Balaban J connectivity index is 0.000000363. The molecular formula is C25H34Cl2N4O3S. The molecule has 2 heterocycles. The van der Waals surface area contributed by atoms with Gasteiger partial charge in [-0.3, -0.25) is 4.79 Å². The van der Waals surface area contributed by atoms with Crippen molar-refractivity contribution in [3.05, 3.63) is 63.6 Å². The Morgan fingerprint density at radius 1 is 1.00 bits per heavy atom. The van der Waals surface area contributed by atoms with Crippen LogP contribution in [0.5, 0.6) is 0 Å². The first-order valence-electron chi connectivity index (χ1n) is 11.8. The first-order chi connectivity index (χ1) is 16.6. The first-order valence-corrected chi connectivity index (χ1v) is 14.0. The van der Waals surface area contributed by atoms with Crippen molar-refractivity contribution >= 4 is 39.1 Å². The molecule has 0 aromatic heterocycles. The SMILES string of the molecule is CC1CNCCN1C.Cc1ccc(CC(=O)N2CCN(S(=O)(=O)c3cc(Cl)cc(Cl)c3)CC2)cc1. The van der Waals surface area contributed by atoms with Crippen LogP contribution in [-0.2, 0) is 21.2 Å². The third-order valence-corrected chi connectivity index (χ3v) is 8.69. The van der Waals surface area contributed by atoms with E-state index in [0.29, 0.717) is 19.5 Å². The number of rotatable bonds is 4. The number of likely N-dealkylation sites (N-methyl/N-ethyl adjacent to an activating group) is 1. The minimum atomic E-state index is -3.69. The van der Waals surface area contributed by atoms with E-state index in [-0.39, 0.29) is 33.9 Å². The number of sulfonamides is 1. The van der Waals surface area contributed by atoms with Gasteiger partial charge in [0.25, 0.3) is 0 Å². The van der Waals surface area contributed by atoms with Crippen LogP contribution in [0, 0.1) is 6.92 Å². The van der Waals surface area contributed by atoms with Gasteiger partial charge >= 0.3 is 0 Å². The molecule has 1 unspecified atom stereocenters. The van der Waals surface area contributed by atoms with Crippen molar-refractivity contribution in [3.63, 3.8) is 0 Å². The predicted octanol–water partition coefficient (Wildman–Crippen LogP) is 3.29. The molecule has 1 amide bonds. The topological polar surface area (TPSA) is 73.0 Å². The quantitative estimate of drug-likeness (QED) is 0.644. The lowest BCUT2D eigenvalue weighted by Crippen LogP contribution is -2.50. The van der Waals surface area contributed by atoms with E-state index in [1.807, 2.05) is 31.2 Å². The van der Waals surface area contributed by atoms with E-state index in [1.165, 1.54) is 29.0 Å². The van der Waals surface area contributed by atoms with E-state index < -0.39 is 10.0 Å². The summed E-state index contributed by atoms with van der Waals surface area (Å²) in [5, 5.41) is 3.87. The van der Waals surface area contributed by atoms with Crippen molar-refractivity contribution in [3.8, 4) is 0 Å². The summed E-state index contributed by atoms with van der Waals surface area (Å²) < 4.78 is 27.0. The maximum Gasteiger partial charge on any atom is 0.243 e. The smallest absolute Gasteiger partial charge is 0.243 e. The molecule has 2 saturated heterocycles. The second kappa shape index (κ2) is 12.5. The number of hydrogen-bond acceptors (Lipinski definition) is 5. The summed E-state index contributed by atoms with van der Waals surface area (Å²) in [4.78, 5) is 16.6.